The topological polar surface area (TPSA) is 82.3 Å². The highest BCUT2D eigenvalue weighted by atomic mass is 19.1. The number of piperidine rings is 1. The molecule has 0 radical (unpaired) electrons. The molecule has 27 heavy (non-hydrogen) atoms. The summed E-state index contributed by atoms with van der Waals surface area (Å²) in [5.41, 5.74) is 1.91. The first-order valence-electron chi connectivity index (χ1n) is 8.98. The largest absolute Gasteiger partial charge is 0.326 e. The first-order valence-corrected chi connectivity index (χ1v) is 8.98. The Morgan fingerprint density at radius 3 is 2.15 bits per heavy atom. The fraction of sp³-hybridized carbons (Fsp3) is 0.300. The molecule has 4 N–H and O–H groups in total. The second-order valence-corrected chi connectivity index (χ2v) is 6.54. The van der Waals surface area contributed by atoms with Gasteiger partial charge in [-0.05, 0) is 49.4 Å². The molecule has 2 unspecified atom stereocenters. The lowest BCUT2D eigenvalue weighted by Gasteiger charge is -2.26. The van der Waals surface area contributed by atoms with E-state index in [1.165, 1.54) is 0 Å². The van der Waals surface area contributed by atoms with Crippen molar-refractivity contribution in [2.24, 2.45) is 5.92 Å². The lowest BCUT2D eigenvalue weighted by atomic mass is 9.92. The highest BCUT2D eigenvalue weighted by molar-refractivity contribution is 6.00. The van der Waals surface area contributed by atoms with Gasteiger partial charge >= 0.3 is 6.03 Å². The molecule has 2 aromatic carbocycles. The molecule has 0 saturated carbocycles. The van der Waals surface area contributed by atoms with Gasteiger partial charge in [0.2, 0.25) is 5.91 Å². The van der Waals surface area contributed by atoms with Gasteiger partial charge in [-0.3, -0.25) is 4.79 Å². The van der Waals surface area contributed by atoms with Crippen molar-refractivity contribution in [2.75, 3.05) is 29.0 Å². The lowest BCUT2D eigenvalue weighted by Crippen LogP contribution is -2.39. The van der Waals surface area contributed by atoms with Gasteiger partial charge in [0.25, 0.3) is 0 Å². The van der Waals surface area contributed by atoms with E-state index in [0.29, 0.717) is 30.0 Å². The smallest absolute Gasteiger partial charge is 0.323 e. The number of halogens is 1. The van der Waals surface area contributed by atoms with Crippen molar-refractivity contribution in [3.05, 3.63) is 54.6 Å². The van der Waals surface area contributed by atoms with Crippen LogP contribution in [0, 0.1) is 5.92 Å². The number of alkyl halides is 1. The Labute approximate surface area is 157 Å². The monoisotopic (exact) mass is 370 g/mol. The van der Waals surface area contributed by atoms with Gasteiger partial charge in [0.15, 0.2) is 0 Å². The van der Waals surface area contributed by atoms with Crippen LogP contribution >= 0.6 is 0 Å². The average molecular weight is 370 g/mol. The molecule has 1 aliphatic rings. The molecule has 0 aromatic heterocycles. The second kappa shape index (κ2) is 9.14. The number of nitrogens with one attached hydrogen (secondary N) is 4. The van der Waals surface area contributed by atoms with Gasteiger partial charge < -0.3 is 21.3 Å². The van der Waals surface area contributed by atoms with Crippen molar-refractivity contribution >= 4 is 29.0 Å². The fourth-order valence-electron chi connectivity index (χ4n) is 3.01. The third-order valence-electron chi connectivity index (χ3n) is 4.45. The third kappa shape index (κ3) is 5.79. The maximum absolute atomic E-state index is 13.8. The minimum Gasteiger partial charge on any atom is -0.326 e. The summed E-state index contributed by atoms with van der Waals surface area (Å²) in [5, 5.41) is 11.2. The first-order chi connectivity index (χ1) is 13.1. The van der Waals surface area contributed by atoms with Crippen LogP contribution in [-0.2, 0) is 4.79 Å². The summed E-state index contributed by atoms with van der Waals surface area (Å²) in [5.74, 6) is -0.444. The van der Waals surface area contributed by atoms with E-state index in [1.54, 1.807) is 36.4 Å². The fourth-order valence-corrected chi connectivity index (χ4v) is 3.01. The van der Waals surface area contributed by atoms with Gasteiger partial charge in [0.1, 0.15) is 6.17 Å². The zero-order valence-electron chi connectivity index (χ0n) is 14.9. The quantitative estimate of drug-likeness (QED) is 0.649. The number of rotatable bonds is 5. The molecule has 142 valence electrons. The SMILES string of the molecule is O=C(CC1CCNCC1F)Nc1ccc(NC(=O)Nc2ccccc2)cc1. The number of urea groups is 1. The molecule has 0 bridgehead atoms. The number of hydrogen-bond acceptors (Lipinski definition) is 3. The average Bonchev–Trinajstić information content (AvgIpc) is 2.66. The predicted octanol–water partition coefficient (Wildman–Crippen LogP) is 3.61. The molecule has 1 fully saturated rings. The van der Waals surface area contributed by atoms with Crippen LogP contribution in [0.2, 0.25) is 0 Å². The third-order valence-corrected chi connectivity index (χ3v) is 4.45. The van der Waals surface area contributed by atoms with Gasteiger partial charge in [0.05, 0.1) is 0 Å². The van der Waals surface area contributed by atoms with Gasteiger partial charge in [-0.25, -0.2) is 9.18 Å². The molecular weight excluding hydrogens is 347 g/mol. The molecule has 7 heteroatoms. The predicted molar refractivity (Wildman–Crippen MR) is 105 cm³/mol. The standard InChI is InChI=1S/C20H23FN4O2/c21-18-13-22-11-10-14(18)12-19(26)23-16-6-8-17(9-7-16)25-20(27)24-15-4-2-1-3-5-15/h1-9,14,18,22H,10-13H2,(H,23,26)(H2,24,25,27). The van der Waals surface area contributed by atoms with Crippen molar-refractivity contribution in [1.29, 1.82) is 0 Å². The van der Waals surface area contributed by atoms with Crippen LogP contribution in [0.1, 0.15) is 12.8 Å². The Bertz CT molecular complexity index is 767. The summed E-state index contributed by atoms with van der Waals surface area (Å²) in [6, 6.07) is 15.6. The molecule has 2 aromatic rings. The Morgan fingerprint density at radius 2 is 1.52 bits per heavy atom. The lowest BCUT2D eigenvalue weighted by molar-refractivity contribution is -0.117. The summed E-state index contributed by atoms with van der Waals surface area (Å²) < 4.78 is 13.8. The molecule has 3 rings (SSSR count). The van der Waals surface area contributed by atoms with Crippen molar-refractivity contribution in [3.8, 4) is 0 Å². The molecule has 1 heterocycles. The Morgan fingerprint density at radius 1 is 0.926 bits per heavy atom. The Balaban J connectivity index is 1.48. The Kier molecular flexibility index (Phi) is 6.38. The van der Waals surface area contributed by atoms with E-state index in [9.17, 15) is 14.0 Å². The van der Waals surface area contributed by atoms with E-state index < -0.39 is 6.17 Å². The molecular formula is C20H23FN4O2. The van der Waals surface area contributed by atoms with Crippen LogP contribution in [0.15, 0.2) is 54.6 Å². The van der Waals surface area contributed by atoms with Crippen molar-refractivity contribution in [3.63, 3.8) is 0 Å². The molecule has 2 atom stereocenters. The number of carbonyl (C=O) groups excluding carboxylic acids is 2. The zero-order chi connectivity index (χ0) is 19.1. The maximum atomic E-state index is 13.8. The Hall–Kier alpha value is -2.93. The summed E-state index contributed by atoms with van der Waals surface area (Å²) in [7, 11) is 0. The van der Waals surface area contributed by atoms with E-state index in [1.807, 2.05) is 18.2 Å². The molecule has 6 nitrogen and oxygen atoms in total. The summed E-state index contributed by atoms with van der Waals surface area (Å²) in [6.07, 6.45) is -0.157. The van der Waals surface area contributed by atoms with Crippen LogP contribution in [0.3, 0.4) is 0 Å². The summed E-state index contributed by atoms with van der Waals surface area (Å²) in [4.78, 5) is 24.1. The van der Waals surface area contributed by atoms with Crippen LogP contribution in [0.4, 0.5) is 26.2 Å². The van der Waals surface area contributed by atoms with Crippen LogP contribution in [0.5, 0.6) is 0 Å². The summed E-state index contributed by atoms with van der Waals surface area (Å²) in [6.45, 7) is 1.05. The number of hydrogen-bond donors (Lipinski definition) is 4. The van der Waals surface area contributed by atoms with Gasteiger partial charge in [-0.15, -0.1) is 0 Å². The molecule has 3 amide bonds. The second-order valence-electron chi connectivity index (χ2n) is 6.54. The number of anilines is 3. The highest BCUT2D eigenvalue weighted by Crippen LogP contribution is 2.21. The number of para-hydroxylation sites is 1. The van der Waals surface area contributed by atoms with E-state index in [2.05, 4.69) is 21.3 Å². The molecule has 0 spiro atoms. The first kappa shape index (κ1) is 18.8. The van der Waals surface area contributed by atoms with Gasteiger partial charge in [-0.2, -0.15) is 0 Å². The van der Waals surface area contributed by atoms with Crippen molar-refractivity contribution in [2.45, 2.75) is 19.0 Å². The molecule has 0 aliphatic carbocycles. The van der Waals surface area contributed by atoms with Gasteiger partial charge in [-0.1, -0.05) is 18.2 Å². The molecule has 1 saturated heterocycles. The zero-order valence-corrected chi connectivity index (χ0v) is 14.9. The minimum absolute atomic E-state index is 0.169. The van der Waals surface area contributed by atoms with E-state index >= 15 is 0 Å². The van der Waals surface area contributed by atoms with Crippen LogP contribution < -0.4 is 21.3 Å². The van der Waals surface area contributed by atoms with E-state index in [0.717, 1.165) is 6.54 Å². The number of amides is 3. The minimum atomic E-state index is -0.987. The molecule has 1 aliphatic heterocycles. The van der Waals surface area contributed by atoms with Crippen molar-refractivity contribution in [1.82, 2.24) is 5.32 Å². The normalized spacial score (nSPS) is 19.1. The van der Waals surface area contributed by atoms with Gasteiger partial charge in [0, 0.05) is 35.9 Å². The highest BCUT2D eigenvalue weighted by Gasteiger charge is 2.26. The van der Waals surface area contributed by atoms with Crippen LogP contribution in [0.25, 0.3) is 0 Å². The van der Waals surface area contributed by atoms with E-state index in [-0.39, 0.29) is 24.3 Å². The van der Waals surface area contributed by atoms with Crippen LogP contribution in [-0.4, -0.2) is 31.2 Å². The van der Waals surface area contributed by atoms with Crippen molar-refractivity contribution < 1.29 is 14.0 Å². The number of carbonyl (C=O) groups is 2. The number of benzene rings is 2. The maximum Gasteiger partial charge on any atom is 0.323 e. The van der Waals surface area contributed by atoms with E-state index in [4.69, 9.17) is 0 Å². The summed E-state index contributed by atoms with van der Waals surface area (Å²) >= 11 is 0.